The number of rotatable bonds is 7. The van der Waals surface area contributed by atoms with Crippen molar-refractivity contribution in [2.75, 3.05) is 5.32 Å². The highest BCUT2D eigenvalue weighted by Crippen LogP contribution is 2.36. The van der Waals surface area contributed by atoms with Gasteiger partial charge in [0.25, 0.3) is 0 Å². The maximum absolute atomic E-state index is 13.1. The van der Waals surface area contributed by atoms with Crippen LogP contribution in [-0.2, 0) is 4.79 Å². The van der Waals surface area contributed by atoms with Crippen molar-refractivity contribution in [1.82, 2.24) is 9.97 Å². The first kappa shape index (κ1) is 24.4. The molecule has 0 radical (unpaired) electrons. The van der Waals surface area contributed by atoms with Gasteiger partial charge < -0.3 is 5.32 Å². The number of pyridine rings is 1. The molecular weight excluding hydrogens is 496 g/mol. The molecule has 2 heterocycles. The topological polar surface area (TPSA) is 78.7 Å². The molecule has 0 aliphatic heterocycles. The highest BCUT2D eigenvalue weighted by molar-refractivity contribution is 8.00. The number of amides is 1. The normalized spacial score (nSPS) is 11.5. The molecule has 0 bridgehead atoms. The van der Waals surface area contributed by atoms with E-state index in [1.54, 1.807) is 0 Å². The quantitative estimate of drug-likeness (QED) is 0.225. The van der Waals surface area contributed by atoms with E-state index in [9.17, 15) is 10.1 Å². The van der Waals surface area contributed by atoms with Gasteiger partial charge in [-0.2, -0.15) is 5.26 Å². The van der Waals surface area contributed by atoms with Crippen molar-refractivity contribution in [3.63, 3.8) is 0 Å². The number of carbonyl (C=O) groups excluding carboxylic acids is 1. The first-order valence-corrected chi connectivity index (χ1v) is 13.4. The number of thioether (sulfide) groups is 1. The standard InChI is InChI=1S/C30H22N4OS2/c1-20(28(35)34-30-33-27(19-36-30)23-15-9-4-10-16-23)37-29-25(18-31)24(21-11-5-2-6-12-21)17-26(32-29)22-13-7-3-8-14-22/h2-17,19-20H,1H3,(H,33,34,35). The van der Waals surface area contributed by atoms with Crippen molar-refractivity contribution in [2.24, 2.45) is 0 Å². The number of anilines is 1. The van der Waals surface area contributed by atoms with E-state index in [1.165, 1.54) is 23.1 Å². The van der Waals surface area contributed by atoms with Crippen LogP contribution in [0.25, 0.3) is 33.6 Å². The van der Waals surface area contributed by atoms with Crippen LogP contribution in [0.2, 0.25) is 0 Å². The number of nitriles is 1. The Morgan fingerprint density at radius 3 is 2.03 bits per heavy atom. The average Bonchev–Trinajstić information content (AvgIpc) is 3.42. The summed E-state index contributed by atoms with van der Waals surface area (Å²) >= 11 is 2.66. The van der Waals surface area contributed by atoms with Crippen LogP contribution < -0.4 is 5.32 Å². The number of benzene rings is 3. The predicted octanol–water partition coefficient (Wildman–Crippen LogP) is 7.53. The van der Waals surface area contributed by atoms with Gasteiger partial charge in [-0.3, -0.25) is 4.79 Å². The predicted molar refractivity (Wildman–Crippen MR) is 151 cm³/mol. The van der Waals surface area contributed by atoms with E-state index in [0.29, 0.717) is 15.7 Å². The van der Waals surface area contributed by atoms with Gasteiger partial charge in [0.05, 0.1) is 22.2 Å². The highest BCUT2D eigenvalue weighted by atomic mass is 32.2. The molecule has 1 amide bonds. The third-order valence-electron chi connectivity index (χ3n) is 5.71. The molecule has 37 heavy (non-hydrogen) atoms. The van der Waals surface area contributed by atoms with E-state index in [1.807, 2.05) is 109 Å². The summed E-state index contributed by atoms with van der Waals surface area (Å²) in [5.74, 6) is -0.198. The van der Waals surface area contributed by atoms with Gasteiger partial charge >= 0.3 is 0 Å². The SMILES string of the molecule is CC(Sc1nc(-c2ccccc2)cc(-c2ccccc2)c1C#N)C(=O)Nc1nc(-c2ccccc2)cs1. The minimum atomic E-state index is -0.502. The number of aromatic nitrogens is 2. The Kier molecular flexibility index (Phi) is 7.41. The van der Waals surface area contributed by atoms with Crippen molar-refractivity contribution in [1.29, 1.82) is 5.26 Å². The van der Waals surface area contributed by atoms with Crippen LogP contribution in [-0.4, -0.2) is 21.1 Å². The van der Waals surface area contributed by atoms with Crippen molar-refractivity contribution >= 4 is 34.1 Å². The van der Waals surface area contributed by atoms with Gasteiger partial charge in [0, 0.05) is 22.1 Å². The highest BCUT2D eigenvalue weighted by Gasteiger charge is 2.22. The average molecular weight is 519 g/mol. The van der Waals surface area contributed by atoms with Gasteiger partial charge in [0.15, 0.2) is 5.13 Å². The maximum atomic E-state index is 13.1. The molecule has 5 nitrogen and oxygen atoms in total. The number of nitrogens with one attached hydrogen (secondary N) is 1. The third-order valence-corrected chi connectivity index (χ3v) is 7.56. The maximum Gasteiger partial charge on any atom is 0.239 e. The summed E-state index contributed by atoms with van der Waals surface area (Å²) in [4.78, 5) is 22.5. The Labute approximate surface area is 223 Å². The van der Waals surface area contributed by atoms with Crippen LogP contribution in [0.4, 0.5) is 5.13 Å². The van der Waals surface area contributed by atoms with Crippen LogP contribution in [0.15, 0.2) is 107 Å². The van der Waals surface area contributed by atoms with E-state index < -0.39 is 5.25 Å². The smallest absolute Gasteiger partial charge is 0.239 e. The molecule has 0 saturated heterocycles. The van der Waals surface area contributed by atoms with Gasteiger partial charge in [-0.25, -0.2) is 9.97 Å². The monoisotopic (exact) mass is 518 g/mol. The fourth-order valence-electron chi connectivity index (χ4n) is 3.82. The van der Waals surface area contributed by atoms with E-state index >= 15 is 0 Å². The second kappa shape index (κ2) is 11.2. The van der Waals surface area contributed by atoms with Gasteiger partial charge in [0.1, 0.15) is 11.1 Å². The van der Waals surface area contributed by atoms with Crippen LogP contribution in [0.3, 0.4) is 0 Å². The van der Waals surface area contributed by atoms with E-state index in [4.69, 9.17) is 4.98 Å². The van der Waals surface area contributed by atoms with Crippen LogP contribution in [0.5, 0.6) is 0 Å². The molecule has 1 atom stereocenters. The summed E-state index contributed by atoms with van der Waals surface area (Å²) < 4.78 is 0. The molecule has 0 aliphatic rings. The van der Waals surface area contributed by atoms with Crippen molar-refractivity contribution in [2.45, 2.75) is 17.2 Å². The Balaban J connectivity index is 1.43. The molecule has 7 heteroatoms. The summed E-state index contributed by atoms with van der Waals surface area (Å²) in [5.41, 5.74) is 5.68. The first-order chi connectivity index (χ1) is 18.1. The fourth-order valence-corrected chi connectivity index (χ4v) is 5.47. The molecule has 180 valence electrons. The zero-order valence-corrected chi connectivity index (χ0v) is 21.6. The summed E-state index contributed by atoms with van der Waals surface area (Å²) in [6, 6.07) is 33.7. The van der Waals surface area contributed by atoms with E-state index in [-0.39, 0.29) is 5.91 Å². The van der Waals surface area contributed by atoms with Crippen molar-refractivity contribution in [3.8, 4) is 39.7 Å². The summed E-state index contributed by atoms with van der Waals surface area (Å²) in [7, 11) is 0. The molecule has 5 rings (SSSR count). The molecule has 5 aromatic rings. The summed E-state index contributed by atoms with van der Waals surface area (Å²) in [6.45, 7) is 1.81. The third kappa shape index (κ3) is 5.61. The minimum Gasteiger partial charge on any atom is -0.301 e. The Morgan fingerprint density at radius 2 is 1.43 bits per heavy atom. The number of thiazole rings is 1. The fraction of sp³-hybridized carbons (Fsp3) is 0.0667. The number of hydrogen-bond acceptors (Lipinski definition) is 6. The number of carbonyl (C=O) groups is 1. The number of nitrogens with zero attached hydrogens (tertiary/aromatic N) is 3. The van der Waals surface area contributed by atoms with Crippen molar-refractivity contribution < 1.29 is 4.79 Å². The second-order valence-electron chi connectivity index (χ2n) is 8.23. The van der Waals surface area contributed by atoms with Gasteiger partial charge in [0.2, 0.25) is 5.91 Å². The molecule has 1 N–H and O–H groups in total. The molecular formula is C30H22N4OS2. The molecule has 0 aliphatic carbocycles. The number of hydrogen-bond donors (Lipinski definition) is 1. The molecule has 0 fully saturated rings. The summed E-state index contributed by atoms with van der Waals surface area (Å²) in [6.07, 6.45) is 0. The molecule has 0 spiro atoms. The minimum absolute atomic E-state index is 0.198. The Bertz CT molecular complexity index is 1560. The lowest BCUT2D eigenvalue weighted by molar-refractivity contribution is -0.115. The van der Waals surface area contributed by atoms with E-state index in [2.05, 4.69) is 16.4 Å². The Hall–Kier alpha value is -4.25. The molecule has 1 unspecified atom stereocenters. The lowest BCUT2D eigenvalue weighted by Gasteiger charge is -2.15. The molecule has 2 aromatic heterocycles. The first-order valence-electron chi connectivity index (χ1n) is 11.7. The second-order valence-corrected chi connectivity index (χ2v) is 10.4. The van der Waals surface area contributed by atoms with Crippen LogP contribution >= 0.6 is 23.1 Å². The van der Waals surface area contributed by atoms with Crippen molar-refractivity contribution in [3.05, 3.63) is 108 Å². The molecule has 3 aromatic carbocycles. The largest absolute Gasteiger partial charge is 0.301 e. The van der Waals surface area contributed by atoms with E-state index in [0.717, 1.165) is 33.6 Å². The van der Waals surface area contributed by atoms with Gasteiger partial charge in [-0.05, 0) is 18.6 Å². The van der Waals surface area contributed by atoms with Gasteiger partial charge in [-0.15, -0.1) is 11.3 Å². The van der Waals surface area contributed by atoms with Gasteiger partial charge in [-0.1, -0.05) is 103 Å². The van der Waals surface area contributed by atoms with Crippen LogP contribution in [0, 0.1) is 11.3 Å². The lowest BCUT2D eigenvalue weighted by atomic mass is 9.99. The zero-order valence-electron chi connectivity index (χ0n) is 20.0. The zero-order chi connectivity index (χ0) is 25.6. The molecule has 0 saturated carbocycles. The Morgan fingerprint density at radius 1 is 0.865 bits per heavy atom. The van der Waals surface area contributed by atoms with Crippen LogP contribution in [0.1, 0.15) is 12.5 Å². The summed E-state index contributed by atoms with van der Waals surface area (Å²) in [5, 5.41) is 15.5. The lowest BCUT2D eigenvalue weighted by Crippen LogP contribution is -2.22.